The van der Waals surface area contributed by atoms with Gasteiger partial charge in [-0.25, -0.2) is 13.8 Å². The summed E-state index contributed by atoms with van der Waals surface area (Å²) < 4.78 is 33.9. The molecule has 0 radical (unpaired) electrons. The van der Waals surface area contributed by atoms with Gasteiger partial charge in [-0.3, -0.25) is 0 Å². The van der Waals surface area contributed by atoms with Crippen LogP contribution in [0.3, 0.4) is 0 Å². The van der Waals surface area contributed by atoms with Crippen LogP contribution in [0, 0.1) is 18.6 Å². The van der Waals surface area contributed by atoms with E-state index in [4.69, 9.17) is 4.74 Å². The Morgan fingerprint density at radius 2 is 1.86 bits per heavy atom. The maximum absolute atomic E-state index is 14.0. The van der Waals surface area contributed by atoms with Gasteiger partial charge in [-0.05, 0) is 55.0 Å². The van der Waals surface area contributed by atoms with Crippen LogP contribution < -0.4 is 4.74 Å². The van der Waals surface area contributed by atoms with Crippen molar-refractivity contribution in [3.05, 3.63) is 94.1 Å². The number of imidazole rings is 1. The molecule has 0 aliphatic rings. The number of rotatable bonds is 5. The van der Waals surface area contributed by atoms with E-state index in [1.54, 1.807) is 30.5 Å². The zero-order valence-corrected chi connectivity index (χ0v) is 17.1. The normalized spacial score (nSPS) is 10.9. The van der Waals surface area contributed by atoms with Gasteiger partial charge in [-0.2, -0.15) is 0 Å². The minimum atomic E-state index is -0.309. The van der Waals surface area contributed by atoms with Crippen molar-refractivity contribution >= 4 is 15.9 Å². The number of halogens is 3. The number of benzene rings is 3. The zero-order valence-electron chi connectivity index (χ0n) is 15.5. The number of H-pyrrole nitrogens is 1. The lowest BCUT2D eigenvalue weighted by molar-refractivity contribution is 0.298. The molecule has 4 aromatic rings. The predicted octanol–water partition coefficient (Wildman–Crippen LogP) is 6.67. The highest BCUT2D eigenvalue weighted by Gasteiger charge is 2.10. The topological polar surface area (TPSA) is 37.9 Å². The summed E-state index contributed by atoms with van der Waals surface area (Å²) in [5.41, 5.74) is 3.84. The molecule has 1 aromatic heterocycles. The Hall–Kier alpha value is -2.99. The molecule has 3 nitrogen and oxygen atoms in total. The summed E-state index contributed by atoms with van der Waals surface area (Å²) in [6, 6.07) is 16.9. The monoisotopic (exact) mass is 454 g/mol. The molecule has 0 unspecified atom stereocenters. The maximum Gasteiger partial charge on any atom is 0.137 e. The van der Waals surface area contributed by atoms with Gasteiger partial charge in [0.2, 0.25) is 0 Å². The fourth-order valence-corrected chi connectivity index (χ4v) is 3.36. The molecule has 1 N–H and O–H groups in total. The van der Waals surface area contributed by atoms with Gasteiger partial charge in [0.15, 0.2) is 0 Å². The minimum Gasteiger partial charge on any atom is -0.489 e. The van der Waals surface area contributed by atoms with Crippen LogP contribution >= 0.6 is 15.9 Å². The van der Waals surface area contributed by atoms with Crippen LogP contribution in [0.25, 0.3) is 22.6 Å². The molecule has 0 aliphatic heterocycles. The minimum absolute atomic E-state index is 0.146. The second kappa shape index (κ2) is 8.17. The van der Waals surface area contributed by atoms with E-state index in [2.05, 4.69) is 25.9 Å². The number of hydrogen-bond donors (Lipinski definition) is 1. The van der Waals surface area contributed by atoms with Crippen LogP contribution in [0.4, 0.5) is 8.78 Å². The van der Waals surface area contributed by atoms with Crippen molar-refractivity contribution < 1.29 is 13.5 Å². The number of aromatic amines is 1. The average Bonchev–Trinajstić information content (AvgIpc) is 3.18. The van der Waals surface area contributed by atoms with E-state index in [0.29, 0.717) is 27.2 Å². The van der Waals surface area contributed by atoms with E-state index in [9.17, 15) is 8.78 Å². The molecule has 0 fully saturated rings. The van der Waals surface area contributed by atoms with Crippen molar-refractivity contribution in [1.29, 1.82) is 0 Å². The van der Waals surface area contributed by atoms with Crippen LogP contribution in [0.2, 0.25) is 0 Å². The van der Waals surface area contributed by atoms with Crippen LogP contribution in [-0.4, -0.2) is 9.97 Å². The Morgan fingerprint density at radius 1 is 1.00 bits per heavy atom. The molecule has 146 valence electrons. The number of aryl methyl sites for hydroxylation is 1. The fourth-order valence-electron chi connectivity index (χ4n) is 3.02. The molecule has 3 aromatic carbocycles. The quantitative estimate of drug-likeness (QED) is 0.365. The Balaban J connectivity index is 1.51. The van der Waals surface area contributed by atoms with Crippen molar-refractivity contribution in [3.63, 3.8) is 0 Å². The van der Waals surface area contributed by atoms with Gasteiger partial charge >= 0.3 is 0 Å². The highest BCUT2D eigenvalue weighted by Crippen LogP contribution is 2.28. The molecular weight excluding hydrogens is 438 g/mol. The summed E-state index contributed by atoms with van der Waals surface area (Å²) in [5.74, 6) is 0.667. The summed E-state index contributed by atoms with van der Waals surface area (Å²) in [4.78, 5) is 7.57. The molecule has 6 heteroatoms. The third-order valence-electron chi connectivity index (χ3n) is 4.56. The van der Waals surface area contributed by atoms with E-state index in [1.807, 2.05) is 25.1 Å². The summed E-state index contributed by atoms with van der Waals surface area (Å²) in [7, 11) is 0. The van der Waals surface area contributed by atoms with Gasteiger partial charge in [-0.1, -0.05) is 34.1 Å². The molecular formula is C23H17BrF2N2O. The van der Waals surface area contributed by atoms with Gasteiger partial charge in [0.1, 0.15) is 29.8 Å². The highest BCUT2D eigenvalue weighted by molar-refractivity contribution is 9.10. The smallest absolute Gasteiger partial charge is 0.137 e. The highest BCUT2D eigenvalue weighted by atomic mass is 79.9. The molecule has 0 aliphatic carbocycles. The Kier molecular flexibility index (Phi) is 5.45. The second-order valence-corrected chi connectivity index (χ2v) is 7.58. The van der Waals surface area contributed by atoms with E-state index < -0.39 is 0 Å². The molecule has 0 saturated heterocycles. The van der Waals surface area contributed by atoms with Crippen molar-refractivity contribution in [2.75, 3.05) is 0 Å². The lowest BCUT2D eigenvalue weighted by Crippen LogP contribution is -2.00. The molecule has 0 saturated carbocycles. The lowest BCUT2D eigenvalue weighted by atomic mass is 10.1. The number of hydrogen-bond acceptors (Lipinski definition) is 2. The molecule has 0 bridgehead atoms. The first-order valence-electron chi connectivity index (χ1n) is 8.98. The number of ether oxygens (including phenoxy) is 1. The molecule has 0 atom stereocenters. The van der Waals surface area contributed by atoms with Crippen LogP contribution in [0.5, 0.6) is 5.75 Å². The molecule has 1 heterocycles. The third kappa shape index (κ3) is 4.38. The predicted molar refractivity (Wildman–Crippen MR) is 113 cm³/mol. The summed E-state index contributed by atoms with van der Waals surface area (Å²) in [6.45, 7) is 2.08. The van der Waals surface area contributed by atoms with Crippen molar-refractivity contribution in [2.45, 2.75) is 13.5 Å². The first-order chi connectivity index (χ1) is 14.0. The van der Waals surface area contributed by atoms with Crippen molar-refractivity contribution in [2.24, 2.45) is 0 Å². The number of nitrogens with zero attached hydrogens (tertiary/aromatic N) is 1. The standard InChI is InChI=1S/C23H17BrF2N2O/c1-14-9-15(21-12-27-23(28-21)16-3-2-4-19(25)10-16)6-8-22(14)29-13-17-5-7-18(24)11-20(17)26/h2-12H,13H2,1H3,(H,27,28). The zero-order chi connectivity index (χ0) is 20.4. The van der Waals surface area contributed by atoms with Gasteiger partial charge in [-0.15, -0.1) is 0 Å². The van der Waals surface area contributed by atoms with E-state index in [0.717, 1.165) is 16.8 Å². The number of aromatic nitrogens is 2. The maximum atomic E-state index is 14.0. The molecule has 0 spiro atoms. The second-order valence-electron chi connectivity index (χ2n) is 6.66. The average molecular weight is 455 g/mol. The first-order valence-corrected chi connectivity index (χ1v) is 9.77. The van der Waals surface area contributed by atoms with Gasteiger partial charge in [0.05, 0.1) is 11.9 Å². The number of nitrogens with one attached hydrogen (secondary N) is 1. The fraction of sp³-hybridized carbons (Fsp3) is 0.0870. The van der Waals surface area contributed by atoms with E-state index in [1.165, 1.54) is 18.2 Å². The Labute approximate surface area is 175 Å². The molecule has 4 rings (SSSR count). The van der Waals surface area contributed by atoms with Crippen LogP contribution in [0.15, 0.2) is 71.3 Å². The first kappa shape index (κ1) is 19.3. The third-order valence-corrected chi connectivity index (χ3v) is 5.05. The Bertz CT molecular complexity index is 1170. The molecule has 0 amide bonds. The van der Waals surface area contributed by atoms with Crippen molar-refractivity contribution in [1.82, 2.24) is 9.97 Å². The van der Waals surface area contributed by atoms with Crippen LogP contribution in [-0.2, 0) is 6.61 Å². The Morgan fingerprint density at radius 3 is 2.62 bits per heavy atom. The molecule has 29 heavy (non-hydrogen) atoms. The summed E-state index contributed by atoms with van der Waals surface area (Å²) in [6.07, 6.45) is 1.72. The van der Waals surface area contributed by atoms with Gasteiger partial charge < -0.3 is 9.72 Å². The SMILES string of the molecule is Cc1cc(-c2cnc(-c3cccc(F)c3)[nH]2)ccc1OCc1ccc(Br)cc1F. The largest absolute Gasteiger partial charge is 0.489 e. The van der Waals surface area contributed by atoms with E-state index in [-0.39, 0.29) is 18.2 Å². The van der Waals surface area contributed by atoms with E-state index >= 15 is 0 Å². The van der Waals surface area contributed by atoms with Gasteiger partial charge in [0, 0.05) is 21.2 Å². The van der Waals surface area contributed by atoms with Crippen molar-refractivity contribution in [3.8, 4) is 28.4 Å². The van der Waals surface area contributed by atoms with Crippen LogP contribution in [0.1, 0.15) is 11.1 Å². The van der Waals surface area contributed by atoms with Gasteiger partial charge in [0.25, 0.3) is 0 Å². The summed E-state index contributed by atoms with van der Waals surface area (Å²) >= 11 is 3.25. The lowest BCUT2D eigenvalue weighted by Gasteiger charge is -2.11. The summed E-state index contributed by atoms with van der Waals surface area (Å²) in [5, 5.41) is 0.